The first-order valence-electron chi connectivity index (χ1n) is 8.00. The van der Waals surface area contributed by atoms with Gasteiger partial charge in [0.15, 0.2) is 0 Å². The van der Waals surface area contributed by atoms with Crippen molar-refractivity contribution in [2.24, 2.45) is 0 Å². The van der Waals surface area contributed by atoms with Gasteiger partial charge in [-0.25, -0.2) is 9.78 Å². The molecule has 6 heteroatoms. The minimum atomic E-state index is -0.632. The van der Waals surface area contributed by atoms with Crippen molar-refractivity contribution in [1.82, 2.24) is 15.0 Å². The molecule has 1 aliphatic rings. The molecule has 6 nitrogen and oxygen atoms in total. The number of nitrogens with zero attached hydrogens (tertiary/aromatic N) is 2. The molecular weight excluding hydrogens is 294 g/mol. The summed E-state index contributed by atoms with van der Waals surface area (Å²) in [7, 11) is 0. The molecule has 3 rings (SSSR count). The van der Waals surface area contributed by atoms with Gasteiger partial charge in [-0.15, -0.1) is 5.06 Å². The van der Waals surface area contributed by atoms with Crippen LogP contribution in [0.1, 0.15) is 45.1 Å². The Labute approximate surface area is 135 Å². The number of hydrogen-bond acceptors (Lipinski definition) is 5. The minimum Gasteiger partial charge on any atom is -0.427 e. The maximum atomic E-state index is 11.7. The molecule has 0 unspecified atom stereocenters. The molecular formula is C17H23N3O3. The Kier molecular flexibility index (Phi) is 4.26. The SMILES string of the molecule is CC(C)(C)OC(=O)ON1CCC(c2c[nH]c3ncccc23)CC1. The first-order chi connectivity index (χ1) is 10.9. The Morgan fingerprint density at radius 1 is 1.35 bits per heavy atom. The van der Waals surface area contributed by atoms with Gasteiger partial charge in [0.25, 0.3) is 0 Å². The lowest BCUT2D eigenvalue weighted by Gasteiger charge is -2.30. The Bertz CT molecular complexity index is 682. The lowest BCUT2D eigenvalue weighted by Crippen LogP contribution is -2.37. The van der Waals surface area contributed by atoms with Crippen LogP contribution in [0.25, 0.3) is 11.0 Å². The molecule has 3 heterocycles. The standard InChI is InChI=1S/C17H23N3O3/c1-17(2,3)22-16(21)23-20-9-6-12(7-10-20)14-11-19-15-13(14)5-4-8-18-15/h4-5,8,11-12H,6-7,9-10H2,1-3H3,(H,18,19). The molecule has 2 aromatic heterocycles. The topological polar surface area (TPSA) is 67.5 Å². The summed E-state index contributed by atoms with van der Waals surface area (Å²) >= 11 is 0. The molecule has 124 valence electrons. The van der Waals surface area contributed by atoms with E-state index in [9.17, 15) is 4.79 Å². The lowest BCUT2D eigenvalue weighted by atomic mass is 9.90. The zero-order valence-corrected chi connectivity index (χ0v) is 13.8. The van der Waals surface area contributed by atoms with Crippen LogP contribution in [0.15, 0.2) is 24.5 Å². The van der Waals surface area contributed by atoms with Crippen molar-refractivity contribution in [3.63, 3.8) is 0 Å². The lowest BCUT2D eigenvalue weighted by molar-refractivity contribution is -0.152. The fourth-order valence-corrected chi connectivity index (χ4v) is 2.95. The van der Waals surface area contributed by atoms with Gasteiger partial charge in [0.1, 0.15) is 11.2 Å². The van der Waals surface area contributed by atoms with Gasteiger partial charge in [-0.05, 0) is 57.2 Å². The summed E-state index contributed by atoms with van der Waals surface area (Å²) in [5.41, 5.74) is 1.69. The summed E-state index contributed by atoms with van der Waals surface area (Å²) in [5, 5.41) is 2.87. The number of pyridine rings is 1. The molecule has 0 amide bonds. The average molecular weight is 317 g/mol. The zero-order valence-electron chi connectivity index (χ0n) is 13.8. The van der Waals surface area contributed by atoms with Crippen LogP contribution in [-0.2, 0) is 9.57 Å². The fourth-order valence-electron chi connectivity index (χ4n) is 2.95. The summed E-state index contributed by atoms with van der Waals surface area (Å²) in [5.74, 6) is 0.450. The summed E-state index contributed by atoms with van der Waals surface area (Å²) in [4.78, 5) is 24.5. The number of H-pyrrole nitrogens is 1. The first kappa shape index (κ1) is 15.8. The van der Waals surface area contributed by atoms with Crippen LogP contribution in [0, 0.1) is 0 Å². The second-order valence-electron chi connectivity index (χ2n) is 6.90. The Balaban J connectivity index is 1.57. The van der Waals surface area contributed by atoms with Gasteiger partial charge in [-0.1, -0.05) is 0 Å². The van der Waals surface area contributed by atoms with E-state index in [1.165, 1.54) is 10.9 Å². The fraction of sp³-hybridized carbons (Fsp3) is 0.529. The van der Waals surface area contributed by atoms with Crippen LogP contribution >= 0.6 is 0 Å². The number of rotatable bonds is 2. The molecule has 0 spiro atoms. The largest absolute Gasteiger partial charge is 0.528 e. The van der Waals surface area contributed by atoms with E-state index in [0.29, 0.717) is 19.0 Å². The number of carbonyl (C=O) groups excluding carboxylic acids is 1. The second-order valence-corrected chi connectivity index (χ2v) is 6.90. The van der Waals surface area contributed by atoms with E-state index in [1.807, 2.05) is 33.0 Å². The van der Waals surface area contributed by atoms with Crippen LogP contribution in [-0.4, -0.2) is 39.9 Å². The van der Waals surface area contributed by atoms with E-state index in [2.05, 4.69) is 16.0 Å². The number of hydrogen-bond donors (Lipinski definition) is 1. The quantitative estimate of drug-likeness (QED) is 0.857. The van der Waals surface area contributed by atoms with E-state index in [1.54, 1.807) is 11.3 Å². The van der Waals surface area contributed by atoms with Gasteiger partial charge < -0.3 is 14.6 Å². The summed E-state index contributed by atoms with van der Waals surface area (Å²) in [6.45, 7) is 6.89. The number of piperidine rings is 1. The minimum absolute atomic E-state index is 0.450. The highest BCUT2D eigenvalue weighted by Crippen LogP contribution is 2.32. The molecule has 1 fully saturated rings. The Morgan fingerprint density at radius 3 is 2.78 bits per heavy atom. The predicted octanol–water partition coefficient (Wildman–Crippen LogP) is 3.61. The molecule has 0 aliphatic carbocycles. The van der Waals surface area contributed by atoms with Crippen LogP contribution < -0.4 is 0 Å². The average Bonchev–Trinajstić information content (AvgIpc) is 2.90. The summed E-state index contributed by atoms with van der Waals surface area (Å²) in [6, 6.07) is 4.05. The van der Waals surface area contributed by atoms with Gasteiger partial charge in [0.2, 0.25) is 0 Å². The number of fused-ring (bicyclic) bond motifs is 1. The third kappa shape index (κ3) is 3.82. The molecule has 1 saturated heterocycles. The molecule has 2 aromatic rings. The monoisotopic (exact) mass is 317 g/mol. The highest BCUT2D eigenvalue weighted by Gasteiger charge is 2.26. The van der Waals surface area contributed by atoms with Crippen molar-refractivity contribution >= 4 is 17.2 Å². The first-order valence-corrected chi connectivity index (χ1v) is 8.00. The van der Waals surface area contributed by atoms with Crippen molar-refractivity contribution in [3.05, 3.63) is 30.1 Å². The van der Waals surface area contributed by atoms with Crippen molar-refractivity contribution in [1.29, 1.82) is 0 Å². The normalized spacial score (nSPS) is 17.3. The highest BCUT2D eigenvalue weighted by molar-refractivity contribution is 5.80. The number of aromatic amines is 1. The van der Waals surface area contributed by atoms with Crippen molar-refractivity contribution < 1.29 is 14.4 Å². The van der Waals surface area contributed by atoms with Crippen LogP contribution in [0.3, 0.4) is 0 Å². The van der Waals surface area contributed by atoms with E-state index in [-0.39, 0.29) is 0 Å². The number of hydroxylamine groups is 2. The molecule has 0 saturated carbocycles. The maximum Gasteiger partial charge on any atom is 0.528 e. The molecule has 0 aromatic carbocycles. The molecule has 0 radical (unpaired) electrons. The predicted molar refractivity (Wildman–Crippen MR) is 87.0 cm³/mol. The highest BCUT2D eigenvalue weighted by atomic mass is 16.8. The van der Waals surface area contributed by atoms with Crippen molar-refractivity contribution in [3.8, 4) is 0 Å². The maximum absolute atomic E-state index is 11.7. The molecule has 1 N–H and O–H groups in total. The van der Waals surface area contributed by atoms with Crippen LogP contribution in [0.2, 0.25) is 0 Å². The molecule has 1 aliphatic heterocycles. The smallest absolute Gasteiger partial charge is 0.427 e. The van der Waals surface area contributed by atoms with Gasteiger partial charge in [-0.2, -0.15) is 0 Å². The number of nitrogens with one attached hydrogen (secondary N) is 1. The Hall–Kier alpha value is -2.08. The van der Waals surface area contributed by atoms with E-state index < -0.39 is 11.8 Å². The van der Waals surface area contributed by atoms with Crippen LogP contribution in [0.5, 0.6) is 0 Å². The third-order valence-corrected chi connectivity index (χ3v) is 3.97. The van der Waals surface area contributed by atoms with Gasteiger partial charge in [0.05, 0.1) is 0 Å². The third-order valence-electron chi connectivity index (χ3n) is 3.97. The van der Waals surface area contributed by atoms with Crippen molar-refractivity contribution in [2.45, 2.75) is 45.1 Å². The molecule has 23 heavy (non-hydrogen) atoms. The van der Waals surface area contributed by atoms with Gasteiger partial charge in [0, 0.05) is 30.9 Å². The van der Waals surface area contributed by atoms with Crippen LogP contribution in [0.4, 0.5) is 4.79 Å². The van der Waals surface area contributed by atoms with E-state index in [0.717, 1.165) is 18.5 Å². The van der Waals surface area contributed by atoms with Crippen molar-refractivity contribution in [2.75, 3.05) is 13.1 Å². The van der Waals surface area contributed by atoms with Gasteiger partial charge >= 0.3 is 6.16 Å². The zero-order chi connectivity index (χ0) is 16.4. The van der Waals surface area contributed by atoms with E-state index >= 15 is 0 Å². The second kappa shape index (κ2) is 6.20. The number of carbonyl (C=O) groups is 1. The summed E-state index contributed by atoms with van der Waals surface area (Å²) < 4.78 is 5.18. The molecule has 0 atom stereocenters. The number of ether oxygens (including phenoxy) is 1. The van der Waals surface area contributed by atoms with E-state index in [4.69, 9.17) is 9.57 Å². The number of aromatic nitrogens is 2. The molecule has 0 bridgehead atoms. The van der Waals surface area contributed by atoms with Gasteiger partial charge in [-0.3, -0.25) is 0 Å². The summed E-state index contributed by atoms with van der Waals surface area (Å²) in [6.07, 6.45) is 5.08. The Morgan fingerprint density at radius 2 is 2.09 bits per heavy atom.